The van der Waals surface area contributed by atoms with E-state index in [9.17, 15) is 19.5 Å². The van der Waals surface area contributed by atoms with Gasteiger partial charge in [-0.25, -0.2) is 14.8 Å². The smallest absolute Gasteiger partial charge is 0.330 e. The number of benzene rings is 1. The van der Waals surface area contributed by atoms with E-state index in [4.69, 9.17) is 31.0 Å². The number of thiazole rings is 1. The Balaban J connectivity index is 1.33. The molecule has 2 fully saturated rings. The maximum Gasteiger partial charge on any atom is 0.330 e. The summed E-state index contributed by atoms with van der Waals surface area (Å²) in [5.74, 6) is -0.720. The maximum absolute atomic E-state index is 13.7. The number of nitrogens with zero attached hydrogens (tertiary/aromatic N) is 3. The van der Waals surface area contributed by atoms with Crippen LogP contribution in [0.5, 0.6) is 11.5 Å². The number of aliphatic carboxylic acids is 1. The van der Waals surface area contributed by atoms with Crippen LogP contribution in [0.25, 0.3) is 21.6 Å². The van der Waals surface area contributed by atoms with E-state index in [-0.39, 0.29) is 30.7 Å². The molecule has 0 spiro atoms. The normalized spacial score (nSPS) is 26.2. The molecule has 6 rings (SSSR count). The standard InChI is InChI=1S/C33H37ClN4O6S/c1-18(2)23-17-45-31(36-23)22-14-26(21-11-12-25(43-3)28(34)29(21)35-22)44-20-13-24-30(40)37-33(32(41)42)15-19(33)9-7-5-4-6-8-10-27(39)38(24)16-20/h7,9,11-12,14,17-20,24H,4-6,8,10,13,15-16H2,1-3H3,(H,37,40)(H,41,42)/b9-7-. The van der Waals surface area contributed by atoms with Gasteiger partial charge in [0.1, 0.15) is 44.9 Å². The Morgan fingerprint density at radius 1 is 1.20 bits per heavy atom. The number of methoxy groups -OCH3 is 1. The first-order valence-electron chi connectivity index (χ1n) is 15.4. The van der Waals surface area contributed by atoms with Gasteiger partial charge in [-0.05, 0) is 43.7 Å². The highest BCUT2D eigenvalue weighted by Gasteiger charge is 2.61. The summed E-state index contributed by atoms with van der Waals surface area (Å²) >= 11 is 8.22. The molecule has 3 aliphatic rings. The molecule has 0 bridgehead atoms. The van der Waals surface area contributed by atoms with Crippen molar-refractivity contribution >= 4 is 51.6 Å². The number of nitrogens with one attached hydrogen (secondary N) is 1. The summed E-state index contributed by atoms with van der Waals surface area (Å²) in [5, 5.41) is 16.6. The molecule has 4 unspecified atom stereocenters. The minimum absolute atomic E-state index is 0.136. The van der Waals surface area contributed by atoms with E-state index < -0.39 is 29.6 Å². The summed E-state index contributed by atoms with van der Waals surface area (Å²) in [4.78, 5) is 50.6. The van der Waals surface area contributed by atoms with Crippen molar-refractivity contribution in [3.05, 3.63) is 46.4 Å². The van der Waals surface area contributed by atoms with Crippen molar-refractivity contribution in [2.45, 2.75) is 82.4 Å². The lowest BCUT2D eigenvalue weighted by Crippen LogP contribution is -2.53. The number of carboxylic acid groups (broad SMARTS) is 1. The molecule has 238 valence electrons. The zero-order chi connectivity index (χ0) is 31.9. The molecular formula is C33H37ClN4O6S. The predicted molar refractivity (Wildman–Crippen MR) is 172 cm³/mol. The fraction of sp³-hybridized carbons (Fsp3) is 0.485. The van der Waals surface area contributed by atoms with Crippen LogP contribution in [0.3, 0.4) is 0 Å². The number of carboxylic acids is 1. The van der Waals surface area contributed by atoms with E-state index in [0.29, 0.717) is 51.0 Å². The summed E-state index contributed by atoms with van der Waals surface area (Å²) in [6, 6.07) is 4.55. The van der Waals surface area contributed by atoms with Crippen LogP contribution in [0.2, 0.25) is 5.02 Å². The first-order chi connectivity index (χ1) is 21.6. The van der Waals surface area contributed by atoms with Gasteiger partial charge in [-0.1, -0.05) is 44.0 Å². The van der Waals surface area contributed by atoms with Gasteiger partial charge in [-0.15, -0.1) is 11.3 Å². The molecule has 2 aromatic heterocycles. The number of aromatic nitrogens is 2. The van der Waals surface area contributed by atoms with Crippen LogP contribution in [0, 0.1) is 5.92 Å². The van der Waals surface area contributed by atoms with Gasteiger partial charge in [0.2, 0.25) is 11.8 Å². The van der Waals surface area contributed by atoms with Crippen molar-refractivity contribution in [2.24, 2.45) is 5.92 Å². The highest BCUT2D eigenvalue weighted by Crippen LogP contribution is 2.46. The van der Waals surface area contributed by atoms with E-state index >= 15 is 0 Å². The minimum atomic E-state index is -1.35. The SMILES string of the molecule is COc1ccc2c(OC3CC4C(=O)NC5(C(=O)O)CC5/C=C\CCCCCC(=O)N4C3)cc(-c3nc(C(C)C)cs3)nc2c1Cl. The van der Waals surface area contributed by atoms with Crippen LogP contribution in [0.4, 0.5) is 0 Å². The van der Waals surface area contributed by atoms with Gasteiger partial charge in [-0.2, -0.15) is 0 Å². The molecule has 3 aromatic rings. The fourth-order valence-electron chi connectivity index (χ4n) is 6.21. The zero-order valence-corrected chi connectivity index (χ0v) is 27.1. The third kappa shape index (κ3) is 6.12. The Labute approximate surface area is 270 Å². The molecular weight excluding hydrogens is 616 g/mol. The summed E-state index contributed by atoms with van der Waals surface area (Å²) in [6.45, 7) is 4.35. The van der Waals surface area contributed by atoms with E-state index in [1.807, 2.05) is 29.7 Å². The lowest BCUT2D eigenvalue weighted by atomic mass is 10.1. The molecule has 1 aromatic carbocycles. The second kappa shape index (κ2) is 12.6. The van der Waals surface area contributed by atoms with E-state index in [1.54, 1.807) is 18.1 Å². The lowest BCUT2D eigenvalue weighted by molar-refractivity contribution is -0.145. The van der Waals surface area contributed by atoms with E-state index in [0.717, 1.165) is 31.4 Å². The number of amides is 2. The van der Waals surface area contributed by atoms with Crippen molar-refractivity contribution in [1.29, 1.82) is 0 Å². The summed E-state index contributed by atoms with van der Waals surface area (Å²) < 4.78 is 12.1. The van der Waals surface area contributed by atoms with Crippen molar-refractivity contribution < 1.29 is 29.0 Å². The number of hydrogen-bond acceptors (Lipinski definition) is 8. The largest absolute Gasteiger partial charge is 0.495 e. The minimum Gasteiger partial charge on any atom is -0.495 e. The first-order valence-corrected chi connectivity index (χ1v) is 16.7. The number of fused-ring (bicyclic) bond motifs is 3. The van der Waals surface area contributed by atoms with Crippen LogP contribution in [0.15, 0.2) is 35.7 Å². The van der Waals surface area contributed by atoms with Crippen LogP contribution in [-0.4, -0.2) is 69.1 Å². The Morgan fingerprint density at radius 2 is 2.02 bits per heavy atom. The van der Waals surface area contributed by atoms with Crippen molar-refractivity contribution in [1.82, 2.24) is 20.2 Å². The Hall–Kier alpha value is -3.70. The average molecular weight is 653 g/mol. The molecule has 0 radical (unpaired) electrons. The number of ether oxygens (including phenoxy) is 2. The third-order valence-corrected chi connectivity index (χ3v) is 10.2. The summed E-state index contributed by atoms with van der Waals surface area (Å²) in [5.41, 5.74) is 0.691. The number of allylic oxidation sites excluding steroid dienone is 1. The lowest BCUT2D eigenvalue weighted by Gasteiger charge is -2.25. The quantitative estimate of drug-likeness (QED) is 0.312. The zero-order valence-electron chi connectivity index (χ0n) is 25.5. The Bertz CT molecular complexity index is 1670. The fourth-order valence-corrected chi connectivity index (χ4v) is 7.44. The van der Waals surface area contributed by atoms with Crippen molar-refractivity contribution in [3.63, 3.8) is 0 Å². The molecule has 1 saturated heterocycles. The molecule has 4 atom stereocenters. The molecule has 2 amide bonds. The summed E-state index contributed by atoms with van der Waals surface area (Å²) in [6.07, 6.45) is 7.55. The van der Waals surface area contributed by atoms with Crippen LogP contribution >= 0.6 is 22.9 Å². The Morgan fingerprint density at radius 3 is 2.76 bits per heavy atom. The molecule has 1 aliphatic carbocycles. The third-order valence-electron chi connectivity index (χ3n) is 8.95. The number of pyridine rings is 1. The van der Waals surface area contributed by atoms with Gasteiger partial charge >= 0.3 is 5.97 Å². The number of carbonyl (C=O) groups excluding carboxylic acids is 2. The number of halogens is 1. The molecule has 2 aliphatic heterocycles. The number of rotatable bonds is 6. The molecule has 45 heavy (non-hydrogen) atoms. The highest BCUT2D eigenvalue weighted by atomic mass is 35.5. The number of carbonyl (C=O) groups is 3. The second-order valence-electron chi connectivity index (χ2n) is 12.4. The van der Waals surface area contributed by atoms with Gasteiger partial charge < -0.3 is 24.8 Å². The second-order valence-corrected chi connectivity index (χ2v) is 13.6. The molecule has 12 heteroatoms. The average Bonchev–Trinajstić information content (AvgIpc) is 3.33. The van der Waals surface area contributed by atoms with Gasteiger partial charge in [-0.3, -0.25) is 9.59 Å². The van der Waals surface area contributed by atoms with Gasteiger partial charge in [0.05, 0.1) is 24.9 Å². The predicted octanol–water partition coefficient (Wildman–Crippen LogP) is 5.97. The van der Waals surface area contributed by atoms with E-state index in [2.05, 4.69) is 19.2 Å². The maximum atomic E-state index is 13.7. The molecule has 1 saturated carbocycles. The van der Waals surface area contributed by atoms with Gasteiger partial charge in [0, 0.05) is 35.6 Å². The topological polar surface area (TPSA) is 131 Å². The van der Waals surface area contributed by atoms with Gasteiger partial charge in [0.25, 0.3) is 0 Å². The molecule has 2 N–H and O–H groups in total. The highest BCUT2D eigenvalue weighted by molar-refractivity contribution is 7.13. The first kappa shape index (κ1) is 31.3. The van der Waals surface area contributed by atoms with Crippen LogP contribution in [0.1, 0.15) is 70.4 Å². The number of hydrogen-bond donors (Lipinski definition) is 2. The van der Waals surface area contributed by atoms with Gasteiger partial charge in [0.15, 0.2) is 0 Å². The molecule has 4 heterocycles. The van der Waals surface area contributed by atoms with Crippen LogP contribution < -0.4 is 14.8 Å². The monoisotopic (exact) mass is 652 g/mol. The van der Waals surface area contributed by atoms with Crippen molar-refractivity contribution in [2.75, 3.05) is 13.7 Å². The van der Waals surface area contributed by atoms with Crippen molar-refractivity contribution in [3.8, 4) is 22.2 Å². The Kier molecular flexibility index (Phi) is 8.76. The molecule has 10 nitrogen and oxygen atoms in total. The van der Waals surface area contributed by atoms with Crippen LogP contribution in [-0.2, 0) is 14.4 Å². The van der Waals surface area contributed by atoms with E-state index in [1.165, 1.54) is 11.3 Å². The summed E-state index contributed by atoms with van der Waals surface area (Å²) in [7, 11) is 1.54.